The zero-order chi connectivity index (χ0) is 16.8. The van der Waals surface area contributed by atoms with Gasteiger partial charge in [-0.25, -0.2) is 0 Å². The Morgan fingerprint density at radius 2 is 1.83 bits per heavy atom. The van der Waals surface area contributed by atoms with E-state index >= 15 is 0 Å². The monoisotopic (exact) mass is 320 g/mol. The summed E-state index contributed by atoms with van der Waals surface area (Å²) >= 11 is 0. The number of benzene rings is 1. The minimum Gasteiger partial charge on any atom is -0.493 e. The van der Waals surface area contributed by atoms with E-state index in [4.69, 9.17) is 9.47 Å². The molecule has 6 heteroatoms. The molecule has 1 N–H and O–H groups in total. The summed E-state index contributed by atoms with van der Waals surface area (Å²) in [4.78, 5) is 26.0. The number of hydrogen-bond donors (Lipinski definition) is 1. The van der Waals surface area contributed by atoms with Gasteiger partial charge in [-0.1, -0.05) is 6.92 Å². The maximum Gasteiger partial charge on any atom is 0.233 e. The summed E-state index contributed by atoms with van der Waals surface area (Å²) in [5.74, 6) is 1.33. The molecule has 0 saturated carbocycles. The van der Waals surface area contributed by atoms with Gasteiger partial charge in [0.25, 0.3) is 0 Å². The van der Waals surface area contributed by atoms with Gasteiger partial charge in [0.2, 0.25) is 11.8 Å². The Hall–Kier alpha value is -2.24. The van der Waals surface area contributed by atoms with E-state index in [-0.39, 0.29) is 18.2 Å². The van der Waals surface area contributed by atoms with Gasteiger partial charge in [-0.3, -0.25) is 9.59 Å². The van der Waals surface area contributed by atoms with Gasteiger partial charge in [-0.15, -0.1) is 0 Å². The number of carbonyl (C=O) groups is 2. The summed E-state index contributed by atoms with van der Waals surface area (Å²) in [6.45, 7) is 3.67. The van der Waals surface area contributed by atoms with Crippen molar-refractivity contribution in [1.29, 1.82) is 0 Å². The minimum atomic E-state index is -0.319. The van der Waals surface area contributed by atoms with Crippen molar-refractivity contribution < 1.29 is 19.1 Å². The molecule has 1 aliphatic heterocycles. The molecule has 23 heavy (non-hydrogen) atoms. The van der Waals surface area contributed by atoms with Crippen LogP contribution in [0.4, 0.5) is 5.69 Å². The largest absolute Gasteiger partial charge is 0.493 e. The lowest BCUT2D eigenvalue weighted by atomic mass is 9.99. The van der Waals surface area contributed by atoms with Gasteiger partial charge in [0.05, 0.1) is 14.2 Å². The second-order valence-electron chi connectivity index (χ2n) is 5.86. The normalized spacial score (nSPS) is 15.2. The molecule has 0 bridgehead atoms. The van der Waals surface area contributed by atoms with Gasteiger partial charge in [-0.05, 0) is 30.9 Å². The number of nitrogens with zero attached hydrogens (tertiary/aromatic N) is 1. The van der Waals surface area contributed by atoms with Crippen molar-refractivity contribution in [3.05, 3.63) is 18.2 Å². The highest BCUT2D eigenvalue weighted by molar-refractivity contribution is 6.03. The third kappa shape index (κ3) is 4.61. The van der Waals surface area contributed by atoms with Gasteiger partial charge in [0, 0.05) is 24.8 Å². The molecule has 2 amide bonds. The van der Waals surface area contributed by atoms with E-state index in [1.54, 1.807) is 30.2 Å². The molecule has 126 valence electrons. The van der Waals surface area contributed by atoms with E-state index in [1.807, 2.05) is 0 Å². The summed E-state index contributed by atoms with van der Waals surface area (Å²) in [5, 5.41) is 2.72. The molecule has 2 rings (SSSR count). The van der Waals surface area contributed by atoms with Crippen LogP contribution >= 0.6 is 0 Å². The fraction of sp³-hybridized carbons (Fsp3) is 0.529. The molecule has 1 fully saturated rings. The summed E-state index contributed by atoms with van der Waals surface area (Å²) in [6.07, 6.45) is 1.87. The second-order valence-corrected chi connectivity index (χ2v) is 5.86. The number of amides is 2. The Labute approximate surface area is 136 Å². The molecule has 1 aromatic carbocycles. The van der Waals surface area contributed by atoms with Crippen molar-refractivity contribution in [1.82, 2.24) is 4.90 Å². The van der Waals surface area contributed by atoms with Gasteiger partial charge in [0.15, 0.2) is 11.5 Å². The van der Waals surface area contributed by atoms with Gasteiger partial charge in [-0.2, -0.15) is 0 Å². The van der Waals surface area contributed by atoms with E-state index in [2.05, 4.69) is 12.2 Å². The molecule has 1 heterocycles. The van der Waals surface area contributed by atoms with E-state index in [0.29, 0.717) is 23.1 Å². The lowest BCUT2D eigenvalue weighted by molar-refractivity contribution is -0.135. The van der Waals surface area contributed by atoms with Crippen molar-refractivity contribution in [2.24, 2.45) is 5.92 Å². The zero-order valence-electron chi connectivity index (χ0n) is 13.9. The van der Waals surface area contributed by atoms with Crippen molar-refractivity contribution in [3.63, 3.8) is 0 Å². The summed E-state index contributed by atoms with van der Waals surface area (Å²) < 4.78 is 10.3. The quantitative estimate of drug-likeness (QED) is 0.845. The highest BCUT2D eigenvalue weighted by atomic mass is 16.5. The number of ether oxygens (including phenoxy) is 2. The Morgan fingerprint density at radius 3 is 2.43 bits per heavy atom. The first kappa shape index (κ1) is 17.1. The summed E-state index contributed by atoms with van der Waals surface area (Å²) in [7, 11) is 3.08. The first-order valence-electron chi connectivity index (χ1n) is 7.83. The van der Waals surface area contributed by atoms with Crippen molar-refractivity contribution in [3.8, 4) is 11.5 Å². The Balaban J connectivity index is 1.90. The number of methoxy groups -OCH3 is 2. The average Bonchev–Trinajstić information content (AvgIpc) is 2.55. The summed E-state index contributed by atoms with van der Waals surface area (Å²) in [6, 6.07) is 5.10. The molecule has 0 aliphatic carbocycles. The summed E-state index contributed by atoms with van der Waals surface area (Å²) in [5.41, 5.74) is 0.577. The van der Waals surface area contributed by atoms with Gasteiger partial charge < -0.3 is 19.7 Å². The zero-order valence-corrected chi connectivity index (χ0v) is 13.9. The molecule has 0 unspecified atom stereocenters. The van der Waals surface area contributed by atoms with Crippen LogP contribution in [0.15, 0.2) is 18.2 Å². The molecule has 1 aliphatic rings. The maximum atomic E-state index is 12.1. The van der Waals surface area contributed by atoms with Crippen LogP contribution in [-0.4, -0.2) is 44.0 Å². The molecule has 1 aromatic rings. The second kappa shape index (κ2) is 7.85. The van der Waals surface area contributed by atoms with Crippen LogP contribution in [0.1, 0.15) is 26.2 Å². The molecular formula is C17H24N2O4. The van der Waals surface area contributed by atoms with Crippen LogP contribution in [0.5, 0.6) is 11.5 Å². The van der Waals surface area contributed by atoms with Crippen LogP contribution in [0.3, 0.4) is 0 Å². The van der Waals surface area contributed by atoms with E-state index < -0.39 is 0 Å². The SMILES string of the molecule is COc1ccc(NC(=O)CC(=O)N2CCC(C)CC2)cc1OC. The van der Waals surface area contributed by atoms with Crippen molar-refractivity contribution >= 4 is 17.5 Å². The fourth-order valence-electron chi connectivity index (χ4n) is 2.63. The molecule has 0 spiro atoms. The van der Waals surface area contributed by atoms with Crippen LogP contribution in [0.2, 0.25) is 0 Å². The number of carbonyl (C=O) groups excluding carboxylic acids is 2. The Kier molecular flexibility index (Phi) is 5.84. The highest BCUT2D eigenvalue weighted by Crippen LogP contribution is 2.29. The molecule has 0 radical (unpaired) electrons. The van der Waals surface area contributed by atoms with E-state index in [9.17, 15) is 9.59 Å². The Bertz CT molecular complexity index is 566. The lowest BCUT2D eigenvalue weighted by Gasteiger charge is -2.30. The topological polar surface area (TPSA) is 67.9 Å². The van der Waals surface area contributed by atoms with Gasteiger partial charge in [0.1, 0.15) is 6.42 Å². The van der Waals surface area contributed by atoms with Crippen molar-refractivity contribution in [2.45, 2.75) is 26.2 Å². The smallest absolute Gasteiger partial charge is 0.233 e. The third-order valence-electron chi connectivity index (χ3n) is 4.12. The number of nitrogens with one attached hydrogen (secondary N) is 1. The standard InChI is InChI=1S/C17H24N2O4/c1-12-6-8-19(9-7-12)17(21)11-16(20)18-13-4-5-14(22-2)15(10-13)23-3/h4-5,10,12H,6-9,11H2,1-3H3,(H,18,20). The minimum absolute atomic E-state index is 0.116. The highest BCUT2D eigenvalue weighted by Gasteiger charge is 2.22. The number of piperidine rings is 1. The van der Waals surface area contributed by atoms with Crippen LogP contribution < -0.4 is 14.8 Å². The predicted molar refractivity (Wildman–Crippen MR) is 87.8 cm³/mol. The Morgan fingerprint density at radius 1 is 1.17 bits per heavy atom. The number of likely N-dealkylation sites (tertiary alicyclic amines) is 1. The number of hydrogen-bond acceptors (Lipinski definition) is 4. The molecule has 0 aromatic heterocycles. The molecule has 1 saturated heterocycles. The number of rotatable bonds is 5. The van der Waals surface area contributed by atoms with Crippen molar-refractivity contribution in [2.75, 3.05) is 32.6 Å². The lowest BCUT2D eigenvalue weighted by Crippen LogP contribution is -2.39. The molecular weight excluding hydrogens is 296 g/mol. The maximum absolute atomic E-state index is 12.1. The first-order chi connectivity index (χ1) is 11.0. The third-order valence-corrected chi connectivity index (χ3v) is 4.12. The average molecular weight is 320 g/mol. The van der Waals surface area contributed by atoms with Crippen LogP contribution in [0, 0.1) is 5.92 Å². The van der Waals surface area contributed by atoms with Crippen LogP contribution in [-0.2, 0) is 9.59 Å². The van der Waals surface area contributed by atoms with Crippen LogP contribution in [0.25, 0.3) is 0 Å². The molecule has 6 nitrogen and oxygen atoms in total. The number of anilines is 1. The van der Waals surface area contributed by atoms with E-state index in [0.717, 1.165) is 25.9 Å². The molecule has 0 atom stereocenters. The van der Waals surface area contributed by atoms with Gasteiger partial charge >= 0.3 is 0 Å². The predicted octanol–water partition coefficient (Wildman–Crippen LogP) is 2.29. The van der Waals surface area contributed by atoms with E-state index in [1.165, 1.54) is 7.11 Å². The fourth-order valence-corrected chi connectivity index (χ4v) is 2.63. The first-order valence-corrected chi connectivity index (χ1v) is 7.83.